The number of thioether (sulfide) groups is 1. The Morgan fingerprint density at radius 3 is 2.53 bits per heavy atom. The van der Waals surface area contributed by atoms with Gasteiger partial charge >= 0.3 is 0 Å². The van der Waals surface area contributed by atoms with Crippen LogP contribution in [0.2, 0.25) is 0 Å². The first-order valence-corrected chi connectivity index (χ1v) is 10.9. The topological polar surface area (TPSA) is 102 Å². The molecule has 32 heavy (non-hydrogen) atoms. The summed E-state index contributed by atoms with van der Waals surface area (Å²) in [5, 5.41) is 24.3. The number of hydrogen-bond acceptors (Lipinski definition) is 7. The van der Waals surface area contributed by atoms with E-state index < -0.39 is 5.25 Å². The van der Waals surface area contributed by atoms with Crippen molar-refractivity contribution in [1.29, 1.82) is 0 Å². The van der Waals surface area contributed by atoms with Gasteiger partial charge in [-0.3, -0.25) is 4.79 Å². The average molecular weight is 448 g/mol. The maximum Gasteiger partial charge on any atom is 0.242 e. The van der Waals surface area contributed by atoms with Crippen LogP contribution in [0.4, 0.5) is 5.69 Å². The highest BCUT2D eigenvalue weighted by molar-refractivity contribution is 8.00. The largest absolute Gasteiger partial charge is 0.508 e. The number of carbonyl (C=O) groups is 1. The molecule has 3 aromatic carbocycles. The SMILES string of the molecule is CCOc1ccccc1NC(=O)C(Sc1nnnn1-c1ccc(O)cc1)c1ccccc1. The van der Waals surface area contributed by atoms with E-state index in [-0.39, 0.29) is 11.7 Å². The summed E-state index contributed by atoms with van der Waals surface area (Å²) < 4.78 is 7.17. The predicted molar refractivity (Wildman–Crippen MR) is 122 cm³/mol. The van der Waals surface area contributed by atoms with Gasteiger partial charge in [0.2, 0.25) is 11.1 Å². The van der Waals surface area contributed by atoms with Crippen molar-refractivity contribution in [2.75, 3.05) is 11.9 Å². The van der Waals surface area contributed by atoms with Gasteiger partial charge in [-0.2, -0.15) is 4.68 Å². The molecule has 0 bridgehead atoms. The molecular weight excluding hydrogens is 426 g/mol. The minimum Gasteiger partial charge on any atom is -0.508 e. The van der Waals surface area contributed by atoms with Crippen molar-refractivity contribution in [1.82, 2.24) is 20.2 Å². The van der Waals surface area contributed by atoms with E-state index in [0.717, 1.165) is 5.56 Å². The van der Waals surface area contributed by atoms with Gasteiger partial charge in [-0.1, -0.05) is 54.2 Å². The van der Waals surface area contributed by atoms with Gasteiger partial charge in [0.15, 0.2) is 0 Å². The van der Waals surface area contributed by atoms with Crippen LogP contribution >= 0.6 is 11.8 Å². The van der Waals surface area contributed by atoms with Crippen molar-refractivity contribution in [3.8, 4) is 17.2 Å². The van der Waals surface area contributed by atoms with E-state index in [9.17, 15) is 9.90 Å². The molecule has 0 radical (unpaired) electrons. The Balaban J connectivity index is 1.64. The van der Waals surface area contributed by atoms with Crippen LogP contribution in [0.5, 0.6) is 11.5 Å². The highest BCUT2D eigenvalue weighted by Crippen LogP contribution is 2.36. The van der Waals surface area contributed by atoms with Crippen molar-refractivity contribution in [3.63, 3.8) is 0 Å². The lowest BCUT2D eigenvalue weighted by molar-refractivity contribution is -0.115. The molecule has 0 aliphatic rings. The van der Waals surface area contributed by atoms with Gasteiger partial charge in [0, 0.05) is 0 Å². The lowest BCUT2D eigenvalue weighted by Gasteiger charge is -2.18. The summed E-state index contributed by atoms with van der Waals surface area (Å²) in [6.45, 7) is 2.38. The van der Waals surface area contributed by atoms with Gasteiger partial charge in [0.05, 0.1) is 18.0 Å². The molecule has 0 spiro atoms. The van der Waals surface area contributed by atoms with E-state index in [2.05, 4.69) is 20.8 Å². The van der Waals surface area contributed by atoms with Crippen LogP contribution in [-0.4, -0.2) is 37.8 Å². The molecule has 0 saturated heterocycles. The van der Waals surface area contributed by atoms with Crippen LogP contribution in [0, 0.1) is 0 Å². The lowest BCUT2D eigenvalue weighted by Crippen LogP contribution is -2.20. The van der Waals surface area contributed by atoms with E-state index in [4.69, 9.17) is 4.74 Å². The van der Waals surface area contributed by atoms with Crippen LogP contribution in [0.25, 0.3) is 5.69 Å². The van der Waals surface area contributed by atoms with Gasteiger partial charge in [0.25, 0.3) is 0 Å². The Labute approximate surface area is 189 Å². The zero-order chi connectivity index (χ0) is 22.3. The first-order valence-electron chi connectivity index (χ1n) is 9.98. The number of carbonyl (C=O) groups excluding carboxylic acids is 1. The molecule has 0 aliphatic carbocycles. The number of aromatic hydroxyl groups is 1. The molecule has 0 saturated carbocycles. The molecule has 9 heteroatoms. The Morgan fingerprint density at radius 1 is 1.06 bits per heavy atom. The molecule has 1 amide bonds. The number of tetrazole rings is 1. The van der Waals surface area contributed by atoms with E-state index in [1.807, 2.05) is 55.5 Å². The second-order valence-electron chi connectivity index (χ2n) is 6.72. The van der Waals surface area contributed by atoms with E-state index in [1.165, 1.54) is 16.4 Å². The van der Waals surface area contributed by atoms with Crippen molar-refractivity contribution in [2.45, 2.75) is 17.3 Å². The van der Waals surface area contributed by atoms with E-state index in [1.54, 1.807) is 30.3 Å². The van der Waals surface area contributed by atoms with Gasteiger partial charge in [0.1, 0.15) is 16.7 Å². The fourth-order valence-corrected chi connectivity index (χ4v) is 4.06. The molecule has 1 aromatic heterocycles. The number of phenols is 1. The highest BCUT2D eigenvalue weighted by atomic mass is 32.2. The quantitative estimate of drug-likeness (QED) is 0.390. The van der Waals surface area contributed by atoms with Crippen LogP contribution < -0.4 is 10.1 Å². The molecular formula is C23H21N5O3S. The van der Waals surface area contributed by atoms with Crippen molar-refractivity contribution < 1.29 is 14.6 Å². The van der Waals surface area contributed by atoms with Gasteiger partial charge in [-0.15, -0.1) is 5.10 Å². The molecule has 162 valence electrons. The average Bonchev–Trinajstić information content (AvgIpc) is 3.28. The van der Waals surface area contributed by atoms with Crippen molar-refractivity contribution in [2.24, 2.45) is 0 Å². The number of amides is 1. The second-order valence-corrected chi connectivity index (χ2v) is 7.79. The summed E-state index contributed by atoms with van der Waals surface area (Å²) in [5.74, 6) is 0.522. The number of phenolic OH excluding ortho intramolecular Hbond substituents is 1. The predicted octanol–water partition coefficient (Wildman–Crippen LogP) is 4.24. The number of rotatable bonds is 8. The summed E-state index contributed by atoms with van der Waals surface area (Å²) in [6, 6.07) is 23.3. The molecule has 0 aliphatic heterocycles. The fraction of sp³-hybridized carbons (Fsp3) is 0.130. The molecule has 4 rings (SSSR count). The summed E-state index contributed by atoms with van der Waals surface area (Å²) in [5.41, 5.74) is 2.08. The van der Waals surface area contributed by atoms with Crippen LogP contribution in [0.15, 0.2) is 84.0 Å². The number of nitrogens with one attached hydrogen (secondary N) is 1. The van der Waals surface area contributed by atoms with E-state index in [0.29, 0.717) is 28.9 Å². The molecule has 1 atom stereocenters. The third kappa shape index (κ3) is 4.89. The summed E-state index contributed by atoms with van der Waals surface area (Å²) in [7, 11) is 0. The number of para-hydroxylation sites is 2. The van der Waals surface area contributed by atoms with Gasteiger partial charge in [-0.05, 0) is 59.3 Å². The van der Waals surface area contributed by atoms with Crippen LogP contribution in [0.3, 0.4) is 0 Å². The van der Waals surface area contributed by atoms with Crippen molar-refractivity contribution in [3.05, 3.63) is 84.4 Å². The number of benzene rings is 3. The zero-order valence-electron chi connectivity index (χ0n) is 17.3. The Hall–Kier alpha value is -3.85. The van der Waals surface area contributed by atoms with Crippen LogP contribution in [0.1, 0.15) is 17.7 Å². The zero-order valence-corrected chi connectivity index (χ0v) is 18.1. The Kier molecular flexibility index (Phi) is 6.66. The van der Waals surface area contributed by atoms with Crippen LogP contribution in [-0.2, 0) is 4.79 Å². The minimum atomic E-state index is -0.618. The standard InChI is InChI=1S/C23H21N5O3S/c1-2-31-20-11-7-6-10-19(20)24-22(30)21(16-8-4-3-5-9-16)32-23-25-26-27-28(23)17-12-14-18(29)15-13-17/h3-15,21,29H,2H2,1H3,(H,24,30). The second kappa shape index (κ2) is 9.97. The maximum atomic E-state index is 13.4. The number of ether oxygens (including phenoxy) is 1. The van der Waals surface area contributed by atoms with Gasteiger partial charge in [-0.25, -0.2) is 0 Å². The number of aromatic nitrogens is 4. The third-order valence-electron chi connectivity index (χ3n) is 4.54. The number of nitrogens with zero attached hydrogens (tertiary/aromatic N) is 4. The molecule has 2 N–H and O–H groups in total. The molecule has 1 unspecified atom stereocenters. The first-order chi connectivity index (χ1) is 15.7. The molecule has 1 heterocycles. The molecule has 8 nitrogen and oxygen atoms in total. The smallest absolute Gasteiger partial charge is 0.242 e. The lowest BCUT2D eigenvalue weighted by atomic mass is 10.1. The third-order valence-corrected chi connectivity index (χ3v) is 5.73. The molecule has 0 fully saturated rings. The monoisotopic (exact) mass is 447 g/mol. The first kappa shape index (κ1) is 21.4. The van der Waals surface area contributed by atoms with E-state index >= 15 is 0 Å². The molecule has 4 aromatic rings. The summed E-state index contributed by atoms with van der Waals surface area (Å²) in [4.78, 5) is 13.4. The summed E-state index contributed by atoms with van der Waals surface area (Å²) in [6.07, 6.45) is 0. The summed E-state index contributed by atoms with van der Waals surface area (Å²) >= 11 is 1.23. The fourth-order valence-electron chi connectivity index (χ4n) is 3.06. The number of hydrogen-bond donors (Lipinski definition) is 2. The minimum absolute atomic E-state index is 0.144. The Bertz CT molecular complexity index is 1180. The van der Waals surface area contributed by atoms with Gasteiger partial charge < -0.3 is 15.2 Å². The Morgan fingerprint density at radius 2 is 1.78 bits per heavy atom. The normalized spacial score (nSPS) is 11.7. The maximum absolute atomic E-state index is 13.4. The van der Waals surface area contributed by atoms with Crippen molar-refractivity contribution >= 4 is 23.4 Å². The highest BCUT2D eigenvalue weighted by Gasteiger charge is 2.26. The number of anilines is 1.